The Kier molecular flexibility index (Phi) is 6.71. The number of hydrogen-bond acceptors (Lipinski definition) is 4. The second-order valence-corrected chi connectivity index (χ2v) is 7.16. The van der Waals surface area contributed by atoms with Gasteiger partial charge in [0.15, 0.2) is 0 Å². The Morgan fingerprint density at radius 2 is 1.93 bits per heavy atom. The summed E-state index contributed by atoms with van der Waals surface area (Å²) in [6.07, 6.45) is 3.99. The van der Waals surface area contributed by atoms with Gasteiger partial charge in [0.2, 0.25) is 5.91 Å². The zero-order valence-corrected chi connectivity index (χ0v) is 16.1. The van der Waals surface area contributed by atoms with Gasteiger partial charge in [-0.3, -0.25) is 4.79 Å². The first-order chi connectivity index (χ1) is 13.1. The average molecular weight is 368 g/mol. The Bertz CT molecular complexity index is 745. The van der Waals surface area contributed by atoms with E-state index in [2.05, 4.69) is 17.3 Å². The van der Waals surface area contributed by atoms with E-state index in [4.69, 9.17) is 9.47 Å². The quantitative estimate of drug-likeness (QED) is 0.779. The normalized spacial score (nSPS) is 17.3. The summed E-state index contributed by atoms with van der Waals surface area (Å²) in [7, 11) is 3.78. The molecular weight excluding hydrogens is 340 g/mol. The molecule has 0 spiro atoms. The monoisotopic (exact) mass is 368 g/mol. The van der Waals surface area contributed by atoms with Gasteiger partial charge in [-0.1, -0.05) is 6.07 Å². The third-order valence-corrected chi connectivity index (χ3v) is 4.92. The molecule has 1 amide bonds. The topological polar surface area (TPSA) is 50.8 Å². The Labute approximate surface area is 161 Å². The number of carbonyl (C=O) groups is 1. The van der Waals surface area contributed by atoms with Crippen LogP contribution in [0.2, 0.25) is 0 Å². The minimum Gasteiger partial charge on any atom is -0.497 e. The van der Waals surface area contributed by atoms with E-state index in [1.54, 1.807) is 7.11 Å². The molecule has 0 bridgehead atoms. The number of rotatable bonds is 7. The number of anilines is 1. The summed E-state index contributed by atoms with van der Waals surface area (Å²) in [5, 5.41) is 2.97. The molecule has 5 heteroatoms. The number of carbonyl (C=O) groups excluding carboxylic acids is 1. The van der Waals surface area contributed by atoms with E-state index in [0.717, 1.165) is 24.4 Å². The first kappa shape index (κ1) is 19.2. The van der Waals surface area contributed by atoms with Gasteiger partial charge in [-0.15, -0.1) is 0 Å². The summed E-state index contributed by atoms with van der Waals surface area (Å²) in [4.78, 5) is 14.6. The average Bonchev–Trinajstić information content (AvgIpc) is 2.68. The van der Waals surface area contributed by atoms with Crippen molar-refractivity contribution in [2.24, 2.45) is 5.92 Å². The van der Waals surface area contributed by atoms with Crippen molar-refractivity contribution in [2.45, 2.75) is 25.7 Å². The summed E-state index contributed by atoms with van der Waals surface area (Å²) in [6, 6.07) is 14.9. The van der Waals surface area contributed by atoms with E-state index in [-0.39, 0.29) is 5.91 Å². The molecule has 0 aromatic heterocycles. The van der Waals surface area contributed by atoms with Crippen LogP contribution < -0.4 is 14.8 Å². The van der Waals surface area contributed by atoms with Crippen LogP contribution in [0, 0.1) is 5.92 Å². The van der Waals surface area contributed by atoms with E-state index in [0.29, 0.717) is 23.8 Å². The third kappa shape index (κ3) is 6.00. The zero-order chi connectivity index (χ0) is 19.1. The highest BCUT2D eigenvalue weighted by Gasteiger charge is 2.18. The van der Waals surface area contributed by atoms with Crippen LogP contribution in [-0.2, 0) is 4.79 Å². The van der Waals surface area contributed by atoms with Crippen molar-refractivity contribution < 1.29 is 14.3 Å². The zero-order valence-electron chi connectivity index (χ0n) is 16.1. The highest BCUT2D eigenvalue weighted by atomic mass is 16.5. The van der Waals surface area contributed by atoms with Gasteiger partial charge in [0.1, 0.15) is 17.2 Å². The predicted octanol–water partition coefficient (Wildman–Crippen LogP) is 4.55. The summed E-state index contributed by atoms with van der Waals surface area (Å²) >= 11 is 0. The van der Waals surface area contributed by atoms with Crippen molar-refractivity contribution in [1.29, 1.82) is 0 Å². The maximum absolute atomic E-state index is 12.2. The Morgan fingerprint density at radius 3 is 2.67 bits per heavy atom. The second kappa shape index (κ2) is 9.42. The minimum atomic E-state index is 0.0738. The fourth-order valence-corrected chi connectivity index (χ4v) is 3.47. The first-order valence-electron chi connectivity index (χ1n) is 9.53. The third-order valence-electron chi connectivity index (χ3n) is 4.92. The van der Waals surface area contributed by atoms with Gasteiger partial charge >= 0.3 is 0 Å². The molecule has 1 saturated heterocycles. The summed E-state index contributed by atoms with van der Waals surface area (Å²) in [6.45, 7) is 2.27. The number of hydrogen-bond donors (Lipinski definition) is 1. The SMILES string of the molecule is COc1cccc(Oc2ccc(NC(=O)CCC3CCCN(C)C3)cc2)c1. The molecule has 3 rings (SSSR count). The number of amides is 1. The Hall–Kier alpha value is -2.53. The maximum atomic E-state index is 12.2. The molecule has 1 heterocycles. The molecule has 1 atom stereocenters. The number of nitrogens with one attached hydrogen (secondary N) is 1. The fourth-order valence-electron chi connectivity index (χ4n) is 3.47. The molecule has 5 nitrogen and oxygen atoms in total. The molecule has 1 fully saturated rings. The molecule has 0 aliphatic carbocycles. The highest BCUT2D eigenvalue weighted by molar-refractivity contribution is 5.90. The van der Waals surface area contributed by atoms with Crippen molar-refractivity contribution >= 4 is 11.6 Å². The number of methoxy groups -OCH3 is 1. The molecule has 2 aromatic carbocycles. The predicted molar refractivity (Wildman–Crippen MR) is 108 cm³/mol. The van der Waals surface area contributed by atoms with Crippen LogP contribution in [-0.4, -0.2) is 38.1 Å². The lowest BCUT2D eigenvalue weighted by atomic mass is 9.93. The first-order valence-corrected chi connectivity index (χ1v) is 9.53. The van der Waals surface area contributed by atoms with Gasteiger partial charge in [-0.25, -0.2) is 0 Å². The fraction of sp³-hybridized carbons (Fsp3) is 0.409. The van der Waals surface area contributed by atoms with Gasteiger partial charge < -0.3 is 19.7 Å². The molecule has 27 heavy (non-hydrogen) atoms. The number of nitrogens with zero attached hydrogens (tertiary/aromatic N) is 1. The lowest BCUT2D eigenvalue weighted by Crippen LogP contribution is -2.32. The Morgan fingerprint density at radius 1 is 1.15 bits per heavy atom. The molecule has 1 N–H and O–H groups in total. The van der Waals surface area contributed by atoms with Crippen LogP contribution in [0.3, 0.4) is 0 Å². The van der Waals surface area contributed by atoms with E-state index in [9.17, 15) is 4.79 Å². The van der Waals surface area contributed by atoms with Crippen molar-refractivity contribution in [1.82, 2.24) is 4.90 Å². The summed E-state index contributed by atoms with van der Waals surface area (Å²) in [5.74, 6) is 2.88. The molecule has 0 radical (unpaired) electrons. The summed E-state index contributed by atoms with van der Waals surface area (Å²) in [5.41, 5.74) is 0.791. The minimum absolute atomic E-state index is 0.0738. The van der Waals surface area contributed by atoms with Gasteiger partial charge in [-0.05, 0) is 75.2 Å². The molecule has 1 unspecified atom stereocenters. The molecule has 2 aromatic rings. The highest BCUT2D eigenvalue weighted by Crippen LogP contribution is 2.26. The van der Waals surface area contributed by atoms with Crippen molar-refractivity contribution in [3.63, 3.8) is 0 Å². The van der Waals surface area contributed by atoms with Crippen LogP contribution in [0.15, 0.2) is 48.5 Å². The smallest absolute Gasteiger partial charge is 0.224 e. The van der Waals surface area contributed by atoms with Crippen LogP contribution in [0.4, 0.5) is 5.69 Å². The van der Waals surface area contributed by atoms with Crippen molar-refractivity contribution in [3.8, 4) is 17.2 Å². The van der Waals surface area contributed by atoms with Crippen LogP contribution in [0.25, 0.3) is 0 Å². The lowest BCUT2D eigenvalue weighted by molar-refractivity contribution is -0.116. The molecular formula is C22H28N2O3. The Balaban J connectivity index is 1.47. The number of piperidine rings is 1. The molecule has 144 valence electrons. The molecule has 0 saturated carbocycles. The standard InChI is InChI=1S/C22H28N2O3/c1-24-14-4-5-17(16-24)8-13-22(25)23-18-9-11-19(12-10-18)27-21-7-3-6-20(15-21)26-2/h3,6-7,9-12,15,17H,4-5,8,13-14,16H2,1-2H3,(H,23,25). The van der Waals surface area contributed by atoms with E-state index in [1.807, 2.05) is 48.5 Å². The van der Waals surface area contributed by atoms with E-state index >= 15 is 0 Å². The van der Waals surface area contributed by atoms with Gasteiger partial charge in [0.05, 0.1) is 7.11 Å². The maximum Gasteiger partial charge on any atom is 0.224 e. The number of ether oxygens (including phenoxy) is 2. The number of benzene rings is 2. The van der Waals surface area contributed by atoms with Crippen molar-refractivity contribution in [2.75, 3.05) is 32.6 Å². The molecule has 1 aliphatic heterocycles. The van der Waals surface area contributed by atoms with Gasteiger partial charge in [-0.2, -0.15) is 0 Å². The van der Waals surface area contributed by atoms with E-state index < -0.39 is 0 Å². The largest absolute Gasteiger partial charge is 0.497 e. The summed E-state index contributed by atoms with van der Waals surface area (Å²) < 4.78 is 11.0. The lowest BCUT2D eigenvalue weighted by Gasteiger charge is -2.29. The van der Waals surface area contributed by atoms with Crippen LogP contribution in [0.5, 0.6) is 17.2 Å². The van der Waals surface area contributed by atoms with Gasteiger partial charge in [0, 0.05) is 24.7 Å². The number of likely N-dealkylation sites (tertiary alicyclic amines) is 1. The van der Waals surface area contributed by atoms with Crippen LogP contribution in [0.1, 0.15) is 25.7 Å². The van der Waals surface area contributed by atoms with Crippen molar-refractivity contribution in [3.05, 3.63) is 48.5 Å². The second-order valence-electron chi connectivity index (χ2n) is 7.16. The molecule has 1 aliphatic rings. The van der Waals surface area contributed by atoms with Crippen LogP contribution >= 0.6 is 0 Å². The van der Waals surface area contributed by atoms with E-state index in [1.165, 1.54) is 19.4 Å². The van der Waals surface area contributed by atoms with Gasteiger partial charge in [0.25, 0.3) is 0 Å².